The van der Waals surface area contributed by atoms with Crippen LogP contribution in [0.1, 0.15) is 5.69 Å². The van der Waals surface area contributed by atoms with Crippen molar-refractivity contribution in [1.82, 2.24) is 9.88 Å². The summed E-state index contributed by atoms with van der Waals surface area (Å²) in [6.45, 7) is 0.0186. The maximum atomic E-state index is 12.0. The van der Waals surface area contributed by atoms with Gasteiger partial charge < -0.3 is 10.3 Å². The largest absolute Gasteiger partial charge is 0.398 e. The lowest BCUT2D eigenvalue weighted by atomic mass is 10.3. The normalized spacial score (nSPS) is 11.6. The molecule has 8 heteroatoms. The summed E-state index contributed by atoms with van der Waals surface area (Å²) in [5, 5.41) is 3.89. The number of nitrogen functional groups attached to an aromatic ring is 1. The van der Waals surface area contributed by atoms with Gasteiger partial charge in [-0.15, -0.1) is 0 Å². The van der Waals surface area contributed by atoms with Crippen LogP contribution in [0.25, 0.3) is 0 Å². The van der Waals surface area contributed by atoms with Crippen molar-refractivity contribution < 1.29 is 12.9 Å². The van der Waals surface area contributed by atoms with E-state index in [2.05, 4.69) is 14.4 Å². The average Bonchev–Trinajstić information content (AvgIpc) is 2.83. The van der Waals surface area contributed by atoms with Crippen molar-refractivity contribution in [3.05, 3.63) is 41.2 Å². The van der Waals surface area contributed by atoms with E-state index in [1.54, 1.807) is 6.07 Å². The Morgan fingerprint density at radius 3 is 2.83 bits per heavy atom. The van der Waals surface area contributed by atoms with Gasteiger partial charge in [-0.2, -0.15) is 0 Å². The average molecular weight is 288 g/mol. The van der Waals surface area contributed by atoms with Gasteiger partial charge in [-0.25, -0.2) is 13.1 Å². The lowest BCUT2D eigenvalue weighted by molar-refractivity contribution is 0.411. The monoisotopic (exact) mass is 287 g/mol. The molecule has 1 heterocycles. The second-order valence-corrected chi connectivity index (χ2v) is 5.67. The van der Waals surface area contributed by atoms with E-state index >= 15 is 0 Å². The van der Waals surface area contributed by atoms with Crippen LogP contribution in [0, 0.1) is 0 Å². The molecule has 0 saturated carbocycles. The summed E-state index contributed by atoms with van der Waals surface area (Å²) in [4.78, 5) is -0.0569. The minimum atomic E-state index is -3.73. The molecule has 1 aromatic carbocycles. The number of rotatable bonds is 4. The molecular weight excluding hydrogens is 278 g/mol. The van der Waals surface area contributed by atoms with E-state index in [9.17, 15) is 8.42 Å². The zero-order valence-corrected chi connectivity index (χ0v) is 10.7. The topological polar surface area (TPSA) is 98.2 Å². The lowest BCUT2D eigenvalue weighted by Crippen LogP contribution is -2.24. The number of benzene rings is 1. The van der Waals surface area contributed by atoms with Crippen LogP contribution in [-0.2, 0) is 16.6 Å². The van der Waals surface area contributed by atoms with E-state index in [1.165, 1.54) is 24.5 Å². The molecule has 18 heavy (non-hydrogen) atoms. The third kappa shape index (κ3) is 2.81. The summed E-state index contributed by atoms with van der Waals surface area (Å²) in [5.74, 6) is 0. The molecule has 0 amide bonds. The van der Waals surface area contributed by atoms with Gasteiger partial charge in [-0.3, -0.25) is 0 Å². The fraction of sp³-hybridized carbons (Fsp3) is 0.100. The Morgan fingerprint density at radius 2 is 2.17 bits per heavy atom. The zero-order valence-electron chi connectivity index (χ0n) is 9.13. The third-order valence-corrected chi connectivity index (χ3v) is 3.89. The van der Waals surface area contributed by atoms with Crippen LogP contribution in [0.4, 0.5) is 5.69 Å². The van der Waals surface area contributed by atoms with Crippen molar-refractivity contribution in [2.45, 2.75) is 11.4 Å². The lowest BCUT2D eigenvalue weighted by Gasteiger charge is -2.08. The van der Waals surface area contributed by atoms with E-state index in [0.29, 0.717) is 10.7 Å². The molecule has 0 aliphatic carbocycles. The molecule has 2 aromatic rings. The SMILES string of the molecule is Nc1ccc(Cl)cc1S(=O)(=O)NCc1ccon1. The minimum absolute atomic E-state index is 0.0186. The fourth-order valence-electron chi connectivity index (χ4n) is 1.32. The summed E-state index contributed by atoms with van der Waals surface area (Å²) in [6.07, 6.45) is 1.36. The van der Waals surface area contributed by atoms with Crippen LogP contribution >= 0.6 is 11.6 Å². The van der Waals surface area contributed by atoms with Gasteiger partial charge in [-0.1, -0.05) is 16.8 Å². The second-order valence-electron chi connectivity index (χ2n) is 3.50. The Kier molecular flexibility index (Phi) is 3.55. The quantitative estimate of drug-likeness (QED) is 0.828. The van der Waals surface area contributed by atoms with Crippen molar-refractivity contribution in [2.24, 2.45) is 0 Å². The highest BCUT2D eigenvalue weighted by Crippen LogP contribution is 2.22. The minimum Gasteiger partial charge on any atom is -0.398 e. The zero-order chi connectivity index (χ0) is 13.2. The maximum Gasteiger partial charge on any atom is 0.243 e. The molecule has 0 fully saturated rings. The molecule has 96 valence electrons. The van der Waals surface area contributed by atoms with Gasteiger partial charge in [-0.05, 0) is 18.2 Å². The number of sulfonamides is 1. The summed E-state index contributed by atoms with van der Waals surface area (Å²) < 4.78 is 30.9. The molecular formula is C10H10ClN3O3S. The van der Waals surface area contributed by atoms with Crippen LogP contribution in [0.2, 0.25) is 5.02 Å². The molecule has 1 aromatic heterocycles. The predicted octanol–water partition coefficient (Wildman–Crippen LogP) is 1.39. The first-order valence-electron chi connectivity index (χ1n) is 4.93. The first-order valence-corrected chi connectivity index (χ1v) is 6.79. The smallest absolute Gasteiger partial charge is 0.243 e. The Labute approximate surface area is 109 Å². The standard InChI is InChI=1S/C10H10ClN3O3S/c11-7-1-2-9(12)10(5-7)18(15,16)13-6-8-3-4-17-14-8/h1-5,13H,6,12H2. The van der Waals surface area contributed by atoms with Crippen molar-refractivity contribution in [1.29, 1.82) is 0 Å². The van der Waals surface area contributed by atoms with Crippen molar-refractivity contribution in [2.75, 3.05) is 5.73 Å². The van der Waals surface area contributed by atoms with Gasteiger partial charge in [0.1, 0.15) is 11.2 Å². The van der Waals surface area contributed by atoms with Gasteiger partial charge in [0, 0.05) is 11.1 Å². The molecule has 0 unspecified atom stereocenters. The van der Waals surface area contributed by atoms with Crippen molar-refractivity contribution in [3.63, 3.8) is 0 Å². The van der Waals surface area contributed by atoms with E-state index in [1.807, 2.05) is 0 Å². The van der Waals surface area contributed by atoms with Crippen LogP contribution in [0.5, 0.6) is 0 Å². The predicted molar refractivity (Wildman–Crippen MR) is 66.4 cm³/mol. The van der Waals surface area contributed by atoms with Gasteiger partial charge in [0.2, 0.25) is 10.0 Å². The second kappa shape index (κ2) is 4.97. The molecule has 0 aliphatic rings. The van der Waals surface area contributed by atoms with Crippen LogP contribution in [0.3, 0.4) is 0 Å². The highest BCUT2D eigenvalue weighted by molar-refractivity contribution is 7.89. The summed E-state index contributed by atoms with van der Waals surface area (Å²) >= 11 is 5.75. The molecule has 0 spiro atoms. The number of nitrogens with one attached hydrogen (secondary N) is 1. The first-order chi connectivity index (χ1) is 8.49. The van der Waals surface area contributed by atoms with E-state index < -0.39 is 10.0 Å². The van der Waals surface area contributed by atoms with Crippen LogP contribution < -0.4 is 10.5 Å². The molecule has 2 rings (SSSR count). The van der Waals surface area contributed by atoms with E-state index in [-0.39, 0.29) is 17.1 Å². The molecule has 0 bridgehead atoms. The number of nitrogens with two attached hydrogens (primary N) is 1. The highest BCUT2D eigenvalue weighted by Gasteiger charge is 2.18. The Hall–Kier alpha value is -1.57. The number of hydrogen-bond donors (Lipinski definition) is 2. The maximum absolute atomic E-state index is 12.0. The van der Waals surface area contributed by atoms with Gasteiger partial charge in [0.05, 0.1) is 17.9 Å². The number of halogens is 1. The fourth-order valence-corrected chi connectivity index (χ4v) is 2.71. The molecule has 0 saturated heterocycles. The third-order valence-electron chi connectivity index (χ3n) is 2.20. The van der Waals surface area contributed by atoms with E-state index in [0.717, 1.165) is 0 Å². The van der Waals surface area contributed by atoms with Crippen molar-refractivity contribution in [3.8, 4) is 0 Å². The molecule has 3 N–H and O–H groups in total. The van der Waals surface area contributed by atoms with Gasteiger partial charge in [0.15, 0.2) is 0 Å². The summed E-state index contributed by atoms with van der Waals surface area (Å²) in [5.41, 5.74) is 6.22. The Morgan fingerprint density at radius 1 is 1.39 bits per heavy atom. The van der Waals surface area contributed by atoms with E-state index in [4.69, 9.17) is 17.3 Å². The number of aromatic nitrogens is 1. The number of nitrogens with zero attached hydrogens (tertiary/aromatic N) is 1. The van der Waals surface area contributed by atoms with Gasteiger partial charge in [0.25, 0.3) is 0 Å². The highest BCUT2D eigenvalue weighted by atomic mass is 35.5. The molecule has 0 aliphatic heterocycles. The number of anilines is 1. The van der Waals surface area contributed by atoms with Gasteiger partial charge >= 0.3 is 0 Å². The number of hydrogen-bond acceptors (Lipinski definition) is 5. The Balaban J connectivity index is 2.22. The molecule has 0 atom stereocenters. The molecule has 6 nitrogen and oxygen atoms in total. The summed E-state index contributed by atoms with van der Waals surface area (Å²) in [7, 11) is -3.73. The molecule has 0 radical (unpaired) electrons. The van der Waals surface area contributed by atoms with Crippen LogP contribution in [0.15, 0.2) is 39.9 Å². The van der Waals surface area contributed by atoms with Crippen molar-refractivity contribution >= 4 is 27.3 Å². The van der Waals surface area contributed by atoms with Crippen LogP contribution in [-0.4, -0.2) is 13.6 Å². The Bertz CT molecular complexity index is 640. The summed E-state index contributed by atoms with van der Waals surface area (Å²) in [6, 6.07) is 5.81. The first kappa shape index (κ1) is 12.9.